The highest BCUT2D eigenvalue weighted by atomic mass is 32.1. The summed E-state index contributed by atoms with van der Waals surface area (Å²) >= 11 is 1.32. The van der Waals surface area contributed by atoms with Crippen LogP contribution in [0.25, 0.3) is 0 Å². The Morgan fingerprint density at radius 3 is 2.45 bits per heavy atom. The molecule has 0 saturated heterocycles. The van der Waals surface area contributed by atoms with E-state index in [0.29, 0.717) is 4.80 Å². The number of hydrogen-bond donors (Lipinski definition) is 2. The highest BCUT2D eigenvalue weighted by Crippen LogP contribution is 2.22. The van der Waals surface area contributed by atoms with E-state index in [9.17, 15) is 4.79 Å². The van der Waals surface area contributed by atoms with Gasteiger partial charge >= 0.3 is 0 Å². The van der Waals surface area contributed by atoms with E-state index >= 15 is 0 Å². The van der Waals surface area contributed by atoms with Gasteiger partial charge in [0.25, 0.3) is 0 Å². The number of amides is 1. The summed E-state index contributed by atoms with van der Waals surface area (Å²) in [7, 11) is 0. The first-order valence-electron chi connectivity index (χ1n) is 6.74. The molecule has 106 valence electrons. The van der Waals surface area contributed by atoms with Crippen molar-refractivity contribution in [3.05, 3.63) is 45.7 Å². The molecule has 1 amide bonds. The van der Waals surface area contributed by atoms with Crippen molar-refractivity contribution < 1.29 is 4.79 Å². The third kappa shape index (κ3) is 3.17. The minimum Gasteiger partial charge on any atom is -0.324 e. The van der Waals surface area contributed by atoms with Crippen LogP contribution in [-0.2, 0) is 24.2 Å². The van der Waals surface area contributed by atoms with Gasteiger partial charge in [-0.25, -0.2) is 0 Å². The number of thiazole rings is 1. The Morgan fingerprint density at radius 2 is 1.95 bits per heavy atom. The van der Waals surface area contributed by atoms with E-state index in [0.717, 1.165) is 29.7 Å². The van der Waals surface area contributed by atoms with Crippen molar-refractivity contribution >= 4 is 22.9 Å². The van der Waals surface area contributed by atoms with Crippen LogP contribution in [0.1, 0.15) is 25.0 Å². The zero-order valence-corrected chi connectivity index (χ0v) is 12.6. The first-order chi connectivity index (χ1) is 9.65. The van der Waals surface area contributed by atoms with Gasteiger partial charge in [0.05, 0.1) is 0 Å². The van der Waals surface area contributed by atoms with Gasteiger partial charge in [-0.3, -0.25) is 10.2 Å². The Bertz CT molecular complexity index is 635. The molecule has 0 radical (unpaired) electrons. The van der Waals surface area contributed by atoms with Gasteiger partial charge in [-0.1, -0.05) is 32.0 Å². The smallest absolute Gasteiger partial charge is 0.244 e. The Morgan fingerprint density at radius 1 is 1.30 bits per heavy atom. The van der Waals surface area contributed by atoms with Gasteiger partial charge in [-0.15, -0.1) is 11.3 Å². The van der Waals surface area contributed by atoms with Crippen LogP contribution in [0.5, 0.6) is 0 Å². The Labute approximate surface area is 122 Å². The summed E-state index contributed by atoms with van der Waals surface area (Å²) in [6.07, 6.45) is 3.54. The molecular weight excluding hydrogens is 270 g/mol. The Hall–Kier alpha value is -1.88. The predicted molar refractivity (Wildman–Crippen MR) is 82.0 cm³/mol. The number of nitrogens with one attached hydrogen (secondary N) is 2. The van der Waals surface area contributed by atoms with Crippen LogP contribution < -0.4 is 10.1 Å². The molecule has 0 unspecified atom stereocenters. The van der Waals surface area contributed by atoms with Crippen molar-refractivity contribution in [2.75, 3.05) is 5.32 Å². The quantitative estimate of drug-likeness (QED) is 0.873. The number of rotatable bonds is 5. The number of hydrogen-bond acceptors (Lipinski definition) is 3. The van der Waals surface area contributed by atoms with Crippen LogP contribution in [0.3, 0.4) is 0 Å². The third-order valence-electron chi connectivity index (χ3n) is 3.26. The van der Waals surface area contributed by atoms with Crippen molar-refractivity contribution in [1.29, 1.82) is 5.41 Å². The number of carbonyl (C=O) groups is 1. The molecule has 1 heterocycles. The molecule has 0 saturated carbocycles. The lowest BCUT2D eigenvalue weighted by molar-refractivity contribution is -0.116. The SMILES string of the molecule is CCc1cccc(CC)c1NC(=O)Cn1ccsc1=N. The van der Waals surface area contributed by atoms with E-state index < -0.39 is 0 Å². The molecule has 20 heavy (non-hydrogen) atoms. The van der Waals surface area contributed by atoms with Gasteiger partial charge in [-0.05, 0) is 24.0 Å². The Kier molecular flexibility index (Phi) is 4.74. The summed E-state index contributed by atoms with van der Waals surface area (Å²) in [5.41, 5.74) is 3.24. The average Bonchev–Trinajstić information content (AvgIpc) is 2.84. The van der Waals surface area contributed by atoms with Gasteiger partial charge < -0.3 is 9.88 Å². The van der Waals surface area contributed by atoms with Crippen molar-refractivity contribution in [3.8, 4) is 0 Å². The second kappa shape index (κ2) is 6.52. The topological polar surface area (TPSA) is 57.9 Å². The fourth-order valence-electron chi connectivity index (χ4n) is 2.17. The van der Waals surface area contributed by atoms with E-state index in [4.69, 9.17) is 5.41 Å². The lowest BCUT2D eigenvalue weighted by atomic mass is 10.0. The molecule has 5 heteroatoms. The highest BCUT2D eigenvalue weighted by Gasteiger charge is 2.10. The lowest BCUT2D eigenvalue weighted by Crippen LogP contribution is -2.24. The van der Waals surface area contributed by atoms with Crippen LogP contribution in [0, 0.1) is 5.41 Å². The third-order valence-corrected chi connectivity index (χ3v) is 3.97. The van der Waals surface area contributed by atoms with Crippen molar-refractivity contribution in [1.82, 2.24) is 4.57 Å². The molecule has 4 nitrogen and oxygen atoms in total. The van der Waals surface area contributed by atoms with E-state index in [2.05, 4.69) is 19.2 Å². The first kappa shape index (κ1) is 14.5. The maximum Gasteiger partial charge on any atom is 0.244 e. The van der Waals surface area contributed by atoms with Gasteiger partial charge in [0.15, 0.2) is 4.80 Å². The lowest BCUT2D eigenvalue weighted by Gasteiger charge is -2.14. The zero-order chi connectivity index (χ0) is 14.5. The zero-order valence-electron chi connectivity index (χ0n) is 11.8. The average molecular weight is 289 g/mol. The molecule has 0 fully saturated rings. The normalized spacial score (nSPS) is 10.5. The number of aromatic nitrogens is 1. The van der Waals surface area contributed by atoms with Crippen LogP contribution in [-0.4, -0.2) is 10.5 Å². The molecule has 0 atom stereocenters. The van der Waals surface area contributed by atoms with Crippen LogP contribution in [0.15, 0.2) is 29.8 Å². The number of anilines is 1. The summed E-state index contributed by atoms with van der Waals surface area (Å²) in [5.74, 6) is -0.0856. The van der Waals surface area contributed by atoms with Gasteiger partial charge in [0.1, 0.15) is 6.54 Å². The molecule has 0 aliphatic carbocycles. The predicted octanol–water partition coefficient (Wildman–Crippen LogP) is 2.79. The molecule has 0 aliphatic heterocycles. The maximum atomic E-state index is 12.2. The van der Waals surface area contributed by atoms with Gasteiger partial charge in [-0.2, -0.15) is 0 Å². The molecular formula is C15H19N3OS. The first-order valence-corrected chi connectivity index (χ1v) is 7.62. The summed E-state index contributed by atoms with van der Waals surface area (Å²) in [5, 5.41) is 12.5. The van der Waals surface area contributed by atoms with Gasteiger partial charge in [0, 0.05) is 17.3 Å². The fraction of sp³-hybridized carbons (Fsp3) is 0.333. The minimum atomic E-state index is -0.0856. The monoisotopic (exact) mass is 289 g/mol. The van der Waals surface area contributed by atoms with E-state index in [-0.39, 0.29) is 12.5 Å². The van der Waals surface area contributed by atoms with Crippen molar-refractivity contribution in [2.24, 2.45) is 0 Å². The largest absolute Gasteiger partial charge is 0.324 e. The molecule has 2 aromatic rings. The van der Waals surface area contributed by atoms with Gasteiger partial charge in [0.2, 0.25) is 5.91 Å². The highest BCUT2D eigenvalue weighted by molar-refractivity contribution is 7.06. The second-order valence-electron chi connectivity index (χ2n) is 4.54. The van der Waals surface area contributed by atoms with Crippen molar-refractivity contribution in [3.63, 3.8) is 0 Å². The number of para-hydroxylation sites is 1. The van der Waals surface area contributed by atoms with Crippen molar-refractivity contribution in [2.45, 2.75) is 33.2 Å². The van der Waals surface area contributed by atoms with Crippen LogP contribution in [0.4, 0.5) is 5.69 Å². The number of benzene rings is 1. The number of aryl methyl sites for hydroxylation is 2. The standard InChI is InChI=1S/C15H19N3OS/c1-3-11-6-5-7-12(4-2)14(11)17-13(19)10-18-8-9-20-15(18)16/h5-9,16H,3-4,10H2,1-2H3,(H,17,19). The summed E-state index contributed by atoms with van der Waals surface area (Å²) in [6.45, 7) is 4.35. The minimum absolute atomic E-state index is 0.0856. The summed E-state index contributed by atoms with van der Waals surface area (Å²) < 4.78 is 1.64. The molecule has 0 aliphatic rings. The van der Waals surface area contributed by atoms with E-state index in [1.54, 1.807) is 10.8 Å². The second-order valence-corrected chi connectivity index (χ2v) is 5.44. The molecule has 1 aromatic carbocycles. The number of nitrogens with zero attached hydrogens (tertiary/aromatic N) is 1. The molecule has 2 rings (SSSR count). The number of carbonyl (C=O) groups excluding carboxylic acids is 1. The van der Waals surface area contributed by atoms with Crippen LogP contribution in [0.2, 0.25) is 0 Å². The summed E-state index contributed by atoms with van der Waals surface area (Å²) in [6, 6.07) is 6.12. The molecule has 0 bridgehead atoms. The van der Waals surface area contributed by atoms with E-state index in [1.165, 1.54) is 11.3 Å². The van der Waals surface area contributed by atoms with Crippen LogP contribution >= 0.6 is 11.3 Å². The molecule has 0 spiro atoms. The Balaban J connectivity index is 2.19. The maximum absolute atomic E-state index is 12.2. The molecule has 1 aromatic heterocycles. The summed E-state index contributed by atoms with van der Waals surface area (Å²) in [4.78, 5) is 12.5. The van der Waals surface area contributed by atoms with E-state index in [1.807, 2.05) is 23.6 Å². The fourth-order valence-corrected chi connectivity index (χ4v) is 2.76. The molecule has 2 N–H and O–H groups in total.